The van der Waals surface area contributed by atoms with Gasteiger partial charge in [-0.3, -0.25) is 9.00 Å². The molecule has 0 heterocycles. The molecule has 0 fully saturated rings. The van der Waals surface area contributed by atoms with E-state index in [1.807, 2.05) is 0 Å². The molecular weight excluding hydrogens is 236 g/mol. The minimum absolute atomic E-state index is 0.315. The van der Waals surface area contributed by atoms with Crippen LogP contribution in [0.25, 0.3) is 0 Å². The topological polar surface area (TPSA) is 86.2 Å². The molecule has 6 heteroatoms. The normalized spacial score (nSPS) is 14.5. The third-order valence-corrected chi connectivity index (χ3v) is 3.98. The van der Waals surface area contributed by atoms with Crippen LogP contribution in [0.4, 0.5) is 5.69 Å². The second kappa shape index (κ2) is 4.63. The van der Waals surface area contributed by atoms with E-state index in [2.05, 4.69) is 0 Å². The van der Waals surface area contributed by atoms with Crippen molar-refractivity contribution in [3.63, 3.8) is 0 Å². The molecule has 2 unspecified atom stereocenters. The van der Waals surface area contributed by atoms with Gasteiger partial charge in [-0.15, -0.1) is 0 Å². The first-order chi connectivity index (χ1) is 6.93. The summed E-state index contributed by atoms with van der Waals surface area (Å²) in [6.45, 7) is 1.48. The van der Waals surface area contributed by atoms with Gasteiger partial charge in [-0.1, -0.05) is 11.6 Å². The van der Waals surface area contributed by atoms with Crippen LogP contribution in [-0.4, -0.2) is 15.4 Å². The molecule has 0 saturated carbocycles. The minimum atomic E-state index is -1.57. The Morgan fingerprint density at radius 3 is 2.67 bits per heavy atom. The monoisotopic (exact) mass is 246 g/mol. The van der Waals surface area contributed by atoms with Crippen LogP contribution in [0.2, 0.25) is 5.02 Å². The number of primary amides is 1. The van der Waals surface area contributed by atoms with Crippen LogP contribution in [0.3, 0.4) is 0 Å². The van der Waals surface area contributed by atoms with E-state index in [4.69, 9.17) is 23.1 Å². The van der Waals surface area contributed by atoms with E-state index in [9.17, 15) is 9.00 Å². The summed E-state index contributed by atoms with van der Waals surface area (Å²) in [7, 11) is -1.57. The number of halogens is 1. The maximum atomic E-state index is 11.8. The number of rotatable bonds is 3. The van der Waals surface area contributed by atoms with Crippen molar-refractivity contribution in [3.05, 3.63) is 23.2 Å². The van der Waals surface area contributed by atoms with Crippen LogP contribution >= 0.6 is 11.6 Å². The van der Waals surface area contributed by atoms with Crippen molar-refractivity contribution in [1.82, 2.24) is 0 Å². The third kappa shape index (κ3) is 2.70. The van der Waals surface area contributed by atoms with Gasteiger partial charge in [0.05, 0.1) is 20.7 Å². The predicted molar refractivity (Wildman–Crippen MR) is 60.9 cm³/mol. The lowest BCUT2D eigenvalue weighted by molar-refractivity contribution is -0.117. The molecule has 1 rings (SSSR count). The molecule has 0 bridgehead atoms. The summed E-state index contributed by atoms with van der Waals surface area (Å²) < 4.78 is 11.8. The van der Waals surface area contributed by atoms with Crippen LogP contribution in [0.15, 0.2) is 23.1 Å². The number of hydrogen-bond donors (Lipinski definition) is 2. The number of nitrogen functional groups attached to an aromatic ring is 1. The van der Waals surface area contributed by atoms with Crippen molar-refractivity contribution in [3.8, 4) is 0 Å². The maximum absolute atomic E-state index is 11.8. The largest absolute Gasteiger partial charge is 0.399 e. The van der Waals surface area contributed by atoms with Crippen molar-refractivity contribution < 1.29 is 9.00 Å². The Labute approximate surface area is 95.0 Å². The summed E-state index contributed by atoms with van der Waals surface area (Å²) in [6, 6.07) is 4.62. The Bertz CT molecular complexity index is 423. The van der Waals surface area contributed by atoms with Gasteiger partial charge >= 0.3 is 0 Å². The van der Waals surface area contributed by atoms with Gasteiger partial charge in [0, 0.05) is 5.69 Å². The van der Waals surface area contributed by atoms with Crippen molar-refractivity contribution in [2.45, 2.75) is 17.1 Å². The molecule has 2 atom stereocenters. The molecule has 15 heavy (non-hydrogen) atoms. The van der Waals surface area contributed by atoms with Crippen LogP contribution in [0.5, 0.6) is 0 Å². The molecule has 4 nitrogen and oxygen atoms in total. The number of carbonyl (C=O) groups excluding carboxylic acids is 1. The van der Waals surface area contributed by atoms with E-state index in [-0.39, 0.29) is 0 Å². The van der Waals surface area contributed by atoms with Gasteiger partial charge in [-0.25, -0.2) is 0 Å². The molecule has 0 aliphatic rings. The van der Waals surface area contributed by atoms with Gasteiger partial charge in [0.15, 0.2) is 0 Å². The lowest BCUT2D eigenvalue weighted by Crippen LogP contribution is -2.29. The lowest BCUT2D eigenvalue weighted by atomic mass is 10.3. The van der Waals surface area contributed by atoms with Gasteiger partial charge in [0.2, 0.25) is 5.91 Å². The van der Waals surface area contributed by atoms with Gasteiger partial charge in [-0.2, -0.15) is 0 Å². The molecule has 0 radical (unpaired) electrons. The molecule has 1 amide bonds. The van der Waals surface area contributed by atoms with Crippen molar-refractivity contribution in [2.24, 2.45) is 5.73 Å². The van der Waals surface area contributed by atoms with Gasteiger partial charge < -0.3 is 11.5 Å². The molecule has 0 aliphatic carbocycles. The highest BCUT2D eigenvalue weighted by molar-refractivity contribution is 7.86. The summed E-state index contributed by atoms with van der Waals surface area (Å²) in [4.78, 5) is 11.2. The minimum Gasteiger partial charge on any atom is -0.399 e. The van der Waals surface area contributed by atoms with Gasteiger partial charge in [0.1, 0.15) is 5.25 Å². The zero-order chi connectivity index (χ0) is 11.6. The average molecular weight is 247 g/mol. The highest BCUT2D eigenvalue weighted by Gasteiger charge is 2.20. The zero-order valence-corrected chi connectivity index (χ0v) is 9.64. The van der Waals surface area contributed by atoms with E-state index in [1.165, 1.54) is 19.1 Å². The predicted octanol–water partition coefficient (Wildman–Crippen LogP) is 0.904. The van der Waals surface area contributed by atoms with E-state index in [1.54, 1.807) is 6.07 Å². The Hall–Kier alpha value is -1.07. The first-order valence-corrected chi connectivity index (χ1v) is 5.77. The number of anilines is 1. The summed E-state index contributed by atoms with van der Waals surface area (Å²) in [5.74, 6) is -0.633. The van der Waals surface area contributed by atoms with Crippen molar-refractivity contribution in [2.75, 3.05) is 5.73 Å². The summed E-state index contributed by atoms with van der Waals surface area (Å²) in [5, 5.41) is -0.472. The molecule has 82 valence electrons. The fourth-order valence-corrected chi connectivity index (χ4v) is 2.42. The molecule has 1 aromatic rings. The Morgan fingerprint density at radius 1 is 1.53 bits per heavy atom. The van der Waals surface area contributed by atoms with Crippen LogP contribution in [0.1, 0.15) is 6.92 Å². The Balaban J connectivity index is 3.11. The average Bonchev–Trinajstić information content (AvgIpc) is 2.19. The van der Waals surface area contributed by atoms with Crippen LogP contribution in [-0.2, 0) is 15.6 Å². The molecule has 0 spiro atoms. The van der Waals surface area contributed by atoms with Crippen LogP contribution in [0, 0.1) is 0 Å². The smallest absolute Gasteiger partial charge is 0.233 e. The van der Waals surface area contributed by atoms with E-state index < -0.39 is 22.0 Å². The third-order valence-electron chi connectivity index (χ3n) is 1.89. The van der Waals surface area contributed by atoms with Gasteiger partial charge in [0.25, 0.3) is 0 Å². The number of amides is 1. The Morgan fingerprint density at radius 2 is 2.13 bits per heavy atom. The highest BCUT2D eigenvalue weighted by Crippen LogP contribution is 2.24. The zero-order valence-electron chi connectivity index (χ0n) is 8.07. The molecular formula is C9H11ClN2O2S. The maximum Gasteiger partial charge on any atom is 0.233 e. The molecule has 1 aromatic carbocycles. The van der Waals surface area contributed by atoms with Gasteiger partial charge in [-0.05, 0) is 25.1 Å². The van der Waals surface area contributed by atoms with E-state index in [0.29, 0.717) is 15.6 Å². The van der Waals surface area contributed by atoms with Crippen LogP contribution < -0.4 is 11.5 Å². The quantitative estimate of drug-likeness (QED) is 0.777. The van der Waals surface area contributed by atoms with Crippen molar-refractivity contribution in [1.29, 1.82) is 0 Å². The first-order valence-electron chi connectivity index (χ1n) is 4.18. The fourth-order valence-electron chi connectivity index (χ4n) is 0.970. The van der Waals surface area contributed by atoms with E-state index in [0.717, 1.165) is 0 Å². The summed E-state index contributed by atoms with van der Waals surface area (Å²) in [6.07, 6.45) is 0. The molecule has 0 aliphatic heterocycles. The standard InChI is InChI=1S/C9H11ClN2O2S/c1-5(9(12)13)15(14)8-4-6(11)2-3-7(8)10/h2-5H,11H2,1H3,(H2,12,13). The number of benzene rings is 1. The SMILES string of the molecule is CC(C(N)=O)S(=O)c1cc(N)ccc1Cl. The molecule has 0 aromatic heterocycles. The van der Waals surface area contributed by atoms with E-state index >= 15 is 0 Å². The molecule has 4 N–H and O–H groups in total. The first kappa shape index (κ1) is 12.0. The van der Waals surface area contributed by atoms with Crippen molar-refractivity contribution >= 4 is 34.0 Å². The second-order valence-electron chi connectivity index (χ2n) is 3.03. The Kier molecular flexibility index (Phi) is 3.71. The number of hydrogen-bond acceptors (Lipinski definition) is 3. The number of carbonyl (C=O) groups is 1. The second-order valence-corrected chi connectivity index (χ2v) is 5.18. The summed E-state index contributed by atoms with van der Waals surface area (Å²) in [5.41, 5.74) is 11.0. The summed E-state index contributed by atoms with van der Waals surface area (Å²) >= 11 is 5.84. The number of nitrogens with two attached hydrogens (primary N) is 2. The molecule has 0 saturated heterocycles. The highest BCUT2D eigenvalue weighted by atomic mass is 35.5. The lowest BCUT2D eigenvalue weighted by Gasteiger charge is -2.09. The fraction of sp³-hybridized carbons (Fsp3) is 0.222.